The Hall–Kier alpha value is -0.840. The van der Waals surface area contributed by atoms with E-state index in [-0.39, 0.29) is 5.60 Å². The summed E-state index contributed by atoms with van der Waals surface area (Å²) in [5.41, 5.74) is 0.0828. The Kier molecular flexibility index (Phi) is 3.91. The third kappa shape index (κ3) is 3.02. The summed E-state index contributed by atoms with van der Waals surface area (Å²) in [6, 6.07) is 4.00. The van der Waals surface area contributed by atoms with Gasteiger partial charge in [0, 0.05) is 26.1 Å². The van der Waals surface area contributed by atoms with E-state index in [0.717, 1.165) is 57.9 Å². The van der Waals surface area contributed by atoms with E-state index < -0.39 is 0 Å². The summed E-state index contributed by atoms with van der Waals surface area (Å²) in [5.74, 6) is 1.05. The molecule has 0 radical (unpaired) electrons. The van der Waals surface area contributed by atoms with Crippen LogP contribution in [0, 0.1) is 0 Å². The number of likely N-dealkylation sites (tertiary alicyclic amines) is 1. The number of piperidine rings is 1. The van der Waals surface area contributed by atoms with Crippen LogP contribution < -0.4 is 0 Å². The number of hydrogen-bond acceptors (Lipinski definition) is 4. The van der Waals surface area contributed by atoms with Gasteiger partial charge in [0.15, 0.2) is 0 Å². The zero-order chi connectivity index (χ0) is 13.1. The Balaban J connectivity index is 1.49. The molecule has 1 aromatic heterocycles. The van der Waals surface area contributed by atoms with Gasteiger partial charge in [0.1, 0.15) is 5.76 Å². The summed E-state index contributed by atoms with van der Waals surface area (Å²) >= 11 is 0. The van der Waals surface area contributed by atoms with Crippen LogP contribution in [0.15, 0.2) is 22.8 Å². The van der Waals surface area contributed by atoms with Crippen molar-refractivity contribution in [1.82, 2.24) is 4.90 Å². The number of nitrogens with zero attached hydrogens (tertiary/aromatic N) is 1. The quantitative estimate of drug-likeness (QED) is 0.837. The standard InChI is InChI=1S/C15H23NO3/c1-2-17-14-10-15(19-12-14)5-7-16(8-6-15)11-13-4-3-9-18-13/h3-4,9,14H,2,5-8,10-12H2,1H3/t14-/m0/s1. The van der Waals surface area contributed by atoms with Gasteiger partial charge in [-0.05, 0) is 31.9 Å². The minimum atomic E-state index is 0.0828. The van der Waals surface area contributed by atoms with E-state index in [9.17, 15) is 0 Å². The molecule has 3 rings (SSSR count). The number of ether oxygens (including phenoxy) is 2. The molecule has 0 saturated carbocycles. The van der Waals surface area contributed by atoms with Gasteiger partial charge >= 0.3 is 0 Å². The van der Waals surface area contributed by atoms with Gasteiger partial charge in [-0.3, -0.25) is 4.90 Å². The van der Waals surface area contributed by atoms with Gasteiger partial charge in [-0.2, -0.15) is 0 Å². The van der Waals surface area contributed by atoms with Crippen LogP contribution in [-0.2, 0) is 16.0 Å². The van der Waals surface area contributed by atoms with E-state index in [1.807, 2.05) is 12.1 Å². The smallest absolute Gasteiger partial charge is 0.117 e. The van der Waals surface area contributed by atoms with E-state index in [4.69, 9.17) is 13.9 Å². The SMILES string of the molecule is CCO[C@@H]1COC2(CCN(Cc3ccco3)CC2)C1. The van der Waals surface area contributed by atoms with Crippen molar-refractivity contribution in [1.29, 1.82) is 0 Å². The molecule has 0 unspecified atom stereocenters. The van der Waals surface area contributed by atoms with Crippen molar-refractivity contribution < 1.29 is 13.9 Å². The third-order valence-electron chi connectivity index (χ3n) is 4.30. The summed E-state index contributed by atoms with van der Waals surface area (Å²) in [7, 11) is 0. The molecule has 2 fully saturated rings. The van der Waals surface area contributed by atoms with Crippen molar-refractivity contribution in [3.05, 3.63) is 24.2 Å². The molecular formula is C15H23NO3. The largest absolute Gasteiger partial charge is 0.468 e. The Morgan fingerprint density at radius 1 is 1.42 bits per heavy atom. The van der Waals surface area contributed by atoms with Gasteiger partial charge in [0.2, 0.25) is 0 Å². The molecule has 4 nitrogen and oxygen atoms in total. The lowest BCUT2D eigenvalue weighted by molar-refractivity contribution is -0.0472. The van der Waals surface area contributed by atoms with Gasteiger partial charge in [0.05, 0.1) is 31.1 Å². The molecule has 4 heteroatoms. The van der Waals surface area contributed by atoms with Crippen LogP contribution in [0.4, 0.5) is 0 Å². The van der Waals surface area contributed by atoms with Crippen LogP contribution in [-0.4, -0.2) is 42.9 Å². The van der Waals surface area contributed by atoms with Crippen molar-refractivity contribution in [2.45, 2.75) is 44.4 Å². The summed E-state index contributed by atoms with van der Waals surface area (Å²) in [6.45, 7) is 6.69. The maximum atomic E-state index is 6.06. The predicted octanol–water partition coefficient (Wildman–Crippen LogP) is 2.44. The maximum absolute atomic E-state index is 6.06. The van der Waals surface area contributed by atoms with Crippen molar-refractivity contribution in [3.8, 4) is 0 Å². The second-order valence-electron chi connectivity index (χ2n) is 5.63. The van der Waals surface area contributed by atoms with E-state index in [1.54, 1.807) is 6.26 Å². The zero-order valence-electron chi connectivity index (χ0n) is 11.6. The van der Waals surface area contributed by atoms with E-state index in [2.05, 4.69) is 11.8 Å². The molecule has 0 aromatic carbocycles. The predicted molar refractivity (Wildman–Crippen MR) is 71.9 cm³/mol. The van der Waals surface area contributed by atoms with Crippen LogP contribution >= 0.6 is 0 Å². The summed E-state index contributed by atoms with van der Waals surface area (Å²) in [5, 5.41) is 0. The van der Waals surface area contributed by atoms with Crippen molar-refractivity contribution in [2.24, 2.45) is 0 Å². The molecule has 106 valence electrons. The number of furan rings is 1. The first-order valence-electron chi connectivity index (χ1n) is 7.30. The van der Waals surface area contributed by atoms with Crippen LogP contribution in [0.25, 0.3) is 0 Å². The molecule has 2 saturated heterocycles. The van der Waals surface area contributed by atoms with Gasteiger partial charge in [0.25, 0.3) is 0 Å². The third-order valence-corrected chi connectivity index (χ3v) is 4.30. The summed E-state index contributed by atoms with van der Waals surface area (Å²) in [6.07, 6.45) is 5.33. The molecule has 19 heavy (non-hydrogen) atoms. The van der Waals surface area contributed by atoms with E-state index >= 15 is 0 Å². The molecule has 1 spiro atoms. The van der Waals surface area contributed by atoms with Crippen LogP contribution in [0.5, 0.6) is 0 Å². The van der Waals surface area contributed by atoms with Crippen LogP contribution in [0.1, 0.15) is 31.9 Å². The Labute approximate surface area is 114 Å². The highest BCUT2D eigenvalue weighted by molar-refractivity contribution is 5.00. The fourth-order valence-electron chi connectivity index (χ4n) is 3.24. The normalized spacial score (nSPS) is 27.1. The maximum Gasteiger partial charge on any atom is 0.117 e. The second-order valence-corrected chi connectivity index (χ2v) is 5.63. The fraction of sp³-hybridized carbons (Fsp3) is 0.733. The molecular weight excluding hydrogens is 242 g/mol. The first-order chi connectivity index (χ1) is 9.30. The van der Waals surface area contributed by atoms with Gasteiger partial charge in [-0.25, -0.2) is 0 Å². The highest BCUT2D eigenvalue weighted by Gasteiger charge is 2.42. The lowest BCUT2D eigenvalue weighted by Crippen LogP contribution is -2.43. The monoisotopic (exact) mass is 265 g/mol. The Morgan fingerprint density at radius 3 is 2.95 bits per heavy atom. The van der Waals surface area contributed by atoms with Gasteiger partial charge in [-0.15, -0.1) is 0 Å². The lowest BCUT2D eigenvalue weighted by Gasteiger charge is -2.38. The molecule has 1 atom stereocenters. The van der Waals surface area contributed by atoms with Crippen molar-refractivity contribution in [2.75, 3.05) is 26.3 Å². The average molecular weight is 265 g/mol. The molecule has 2 aliphatic rings. The van der Waals surface area contributed by atoms with Crippen molar-refractivity contribution in [3.63, 3.8) is 0 Å². The first kappa shape index (κ1) is 13.2. The minimum Gasteiger partial charge on any atom is -0.468 e. The van der Waals surface area contributed by atoms with Gasteiger partial charge < -0.3 is 13.9 Å². The molecule has 2 aliphatic heterocycles. The minimum absolute atomic E-state index is 0.0828. The van der Waals surface area contributed by atoms with Crippen LogP contribution in [0.3, 0.4) is 0 Å². The average Bonchev–Trinajstić information content (AvgIpc) is 3.04. The Morgan fingerprint density at radius 2 is 2.26 bits per heavy atom. The molecule has 0 amide bonds. The van der Waals surface area contributed by atoms with Crippen molar-refractivity contribution >= 4 is 0 Å². The molecule has 0 bridgehead atoms. The number of hydrogen-bond donors (Lipinski definition) is 0. The molecule has 0 N–H and O–H groups in total. The lowest BCUT2D eigenvalue weighted by atomic mass is 9.88. The highest BCUT2D eigenvalue weighted by atomic mass is 16.6. The Bertz CT molecular complexity index is 382. The fourth-order valence-corrected chi connectivity index (χ4v) is 3.24. The molecule has 1 aromatic rings. The zero-order valence-corrected chi connectivity index (χ0v) is 11.6. The molecule has 3 heterocycles. The summed E-state index contributed by atoms with van der Waals surface area (Å²) in [4.78, 5) is 2.45. The topological polar surface area (TPSA) is 34.8 Å². The van der Waals surface area contributed by atoms with Gasteiger partial charge in [-0.1, -0.05) is 0 Å². The molecule has 0 aliphatic carbocycles. The summed E-state index contributed by atoms with van der Waals surface area (Å²) < 4.78 is 17.2. The highest BCUT2D eigenvalue weighted by Crippen LogP contribution is 2.37. The van der Waals surface area contributed by atoms with E-state index in [1.165, 1.54) is 0 Å². The van der Waals surface area contributed by atoms with Crippen LogP contribution in [0.2, 0.25) is 0 Å². The first-order valence-corrected chi connectivity index (χ1v) is 7.30. The number of rotatable bonds is 4. The second kappa shape index (κ2) is 5.65. The van der Waals surface area contributed by atoms with E-state index in [0.29, 0.717) is 6.10 Å².